The quantitative estimate of drug-likeness (QED) is 0.274. The summed E-state index contributed by atoms with van der Waals surface area (Å²) in [4.78, 5) is 25.9. The first-order valence-corrected chi connectivity index (χ1v) is 9.05. The minimum Gasteiger partial charge on any atom is -0.361 e. The van der Waals surface area contributed by atoms with Crippen molar-refractivity contribution in [3.8, 4) is 0 Å². The predicted octanol–water partition coefficient (Wildman–Crippen LogP) is 5.12. The summed E-state index contributed by atoms with van der Waals surface area (Å²) in [5.74, 6) is -0.794. The molecule has 0 aromatic heterocycles. The number of rotatable bonds is 6. The predicted molar refractivity (Wildman–Crippen MR) is 113 cm³/mol. The van der Waals surface area contributed by atoms with Gasteiger partial charge >= 0.3 is 0 Å². The maximum atomic E-state index is 13.0. The van der Waals surface area contributed by atoms with Gasteiger partial charge in [-0.25, -0.2) is 0 Å². The third-order valence-corrected chi connectivity index (χ3v) is 4.44. The molecule has 28 heavy (non-hydrogen) atoms. The van der Waals surface area contributed by atoms with Gasteiger partial charge in [0, 0.05) is 23.1 Å². The largest absolute Gasteiger partial charge is 0.361 e. The summed E-state index contributed by atoms with van der Waals surface area (Å²) >= 11 is 0. The number of carbonyl (C=O) groups is 2. The number of amides is 1. The monoisotopic (exact) mass is 370 g/mol. The Bertz CT molecular complexity index is 1020. The molecule has 0 aliphatic rings. The first kappa shape index (κ1) is 19.1. The third kappa shape index (κ3) is 4.54. The van der Waals surface area contributed by atoms with Crippen LogP contribution in [0.15, 0.2) is 90.6 Å². The molecule has 2 N–H and O–H groups in total. The van der Waals surface area contributed by atoms with E-state index in [0.29, 0.717) is 11.3 Å². The van der Waals surface area contributed by atoms with Gasteiger partial charge in [-0.15, -0.1) is 0 Å². The van der Waals surface area contributed by atoms with E-state index in [2.05, 4.69) is 10.6 Å². The SMILES string of the molecule is Cc1ccccc1N/C=C(\C(=O)Nc1ccccc1C)C(=O)c1ccccc1. The molecule has 0 bridgehead atoms. The van der Waals surface area contributed by atoms with Gasteiger partial charge in [-0.2, -0.15) is 0 Å². The first-order valence-electron chi connectivity index (χ1n) is 9.05. The third-order valence-electron chi connectivity index (χ3n) is 4.44. The van der Waals surface area contributed by atoms with Crippen LogP contribution in [-0.4, -0.2) is 11.7 Å². The summed E-state index contributed by atoms with van der Waals surface area (Å²) in [6, 6.07) is 23.9. The Morgan fingerprint density at radius 3 is 1.86 bits per heavy atom. The maximum Gasteiger partial charge on any atom is 0.261 e. The van der Waals surface area contributed by atoms with Crippen LogP contribution in [0, 0.1) is 13.8 Å². The van der Waals surface area contributed by atoms with Crippen LogP contribution < -0.4 is 10.6 Å². The molecule has 0 spiro atoms. The highest BCUT2D eigenvalue weighted by Crippen LogP contribution is 2.18. The Labute approximate surface area is 164 Å². The van der Waals surface area contributed by atoms with Crippen molar-refractivity contribution in [2.24, 2.45) is 0 Å². The van der Waals surface area contributed by atoms with Crippen LogP contribution in [0.5, 0.6) is 0 Å². The van der Waals surface area contributed by atoms with Crippen molar-refractivity contribution in [1.29, 1.82) is 0 Å². The summed E-state index contributed by atoms with van der Waals surface area (Å²) in [6.45, 7) is 3.87. The van der Waals surface area contributed by atoms with E-state index in [0.717, 1.165) is 16.8 Å². The van der Waals surface area contributed by atoms with Crippen molar-refractivity contribution < 1.29 is 9.59 Å². The van der Waals surface area contributed by atoms with Gasteiger partial charge in [0.25, 0.3) is 5.91 Å². The van der Waals surface area contributed by atoms with Gasteiger partial charge in [-0.3, -0.25) is 9.59 Å². The second-order valence-electron chi connectivity index (χ2n) is 6.48. The average Bonchev–Trinajstić information content (AvgIpc) is 2.71. The number of anilines is 2. The molecule has 0 aliphatic carbocycles. The highest BCUT2D eigenvalue weighted by atomic mass is 16.2. The van der Waals surface area contributed by atoms with Gasteiger partial charge < -0.3 is 10.6 Å². The summed E-state index contributed by atoms with van der Waals surface area (Å²) in [5, 5.41) is 5.95. The first-order chi connectivity index (χ1) is 13.6. The van der Waals surface area contributed by atoms with Gasteiger partial charge in [0.05, 0.1) is 0 Å². The number of Topliss-reactive ketones (excluding diaryl/α,β-unsaturated/α-hetero) is 1. The number of ketones is 1. The zero-order valence-corrected chi connectivity index (χ0v) is 15.9. The maximum absolute atomic E-state index is 13.0. The second kappa shape index (κ2) is 8.82. The lowest BCUT2D eigenvalue weighted by atomic mass is 10.0. The summed E-state index contributed by atoms with van der Waals surface area (Å²) in [6.07, 6.45) is 1.48. The standard InChI is InChI=1S/C24H22N2O2/c1-17-10-6-8-14-21(17)25-16-20(23(27)19-12-4-3-5-13-19)24(28)26-22-15-9-7-11-18(22)2/h3-16,25H,1-2H3,(H,26,28)/b20-16-. The molecular formula is C24H22N2O2. The molecule has 4 heteroatoms. The van der Waals surface area contributed by atoms with Crippen molar-refractivity contribution in [1.82, 2.24) is 0 Å². The fourth-order valence-corrected chi connectivity index (χ4v) is 2.77. The van der Waals surface area contributed by atoms with Crippen LogP contribution in [0.2, 0.25) is 0 Å². The summed E-state index contributed by atoms with van der Waals surface area (Å²) in [5.41, 5.74) is 3.96. The Balaban J connectivity index is 1.93. The van der Waals surface area contributed by atoms with Crippen molar-refractivity contribution in [2.45, 2.75) is 13.8 Å². The van der Waals surface area contributed by atoms with Crippen LogP contribution >= 0.6 is 0 Å². The van der Waals surface area contributed by atoms with Crippen molar-refractivity contribution in [3.05, 3.63) is 107 Å². The summed E-state index contributed by atoms with van der Waals surface area (Å²) in [7, 11) is 0. The van der Waals surface area contributed by atoms with Crippen molar-refractivity contribution in [2.75, 3.05) is 10.6 Å². The lowest BCUT2D eigenvalue weighted by Crippen LogP contribution is -2.22. The topological polar surface area (TPSA) is 58.2 Å². The van der Waals surface area contributed by atoms with Gasteiger partial charge in [0.15, 0.2) is 5.78 Å². The Kier molecular flexibility index (Phi) is 6.02. The number of carbonyl (C=O) groups excluding carboxylic acids is 2. The molecule has 3 aromatic carbocycles. The molecule has 0 heterocycles. The number of para-hydroxylation sites is 2. The number of hydrogen-bond donors (Lipinski definition) is 2. The van der Waals surface area contributed by atoms with E-state index in [9.17, 15) is 9.59 Å². The Hall–Kier alpha value is -3.66. The van der Waals surface area contributed by atoms with E-state index in [1.54, 1.807) is 24.3 Å². The van der Waals surface area contributed by atoms with Gasteiger partial charge in [0.1, 0.15) is 5.57 Å². The number of hydrogen-bond acceptors (Lipinski definition) is 3. The zero-order chi connectivity index (χ0) is 19.9. The molecule has 1 amide bonds. The Morgan fingerprint density at radius 2 is 1.25 bits per heavy atom. The van der Waals surface area contributed by atoms with Crippen LogP contribution in [0.3, 0.4) is 0 Å². The van der Waals surface area contributed by atoms with E-state index in [4.69, 9.17) is 0 Å². The molecule has 0 radical (unpaired) electrons. The summed E-state index contributed by atoms with van der Waals surface area (Å²) < 4.78 is 0. The van der Waals surface area contributed by atoms with E-state index >= 15 is 0 Å². The molecule has 0 saturated heterocycles. The van der Waals surface area contributed by atoms with E-state index < -0.39 is 5.91 Å². The molecule has 3 rings (SSSR count). The number of nitrogens with one attached hydrogen (secondary N) is 2. The lowest BCUT2D eigenvalue weighted by Gasteiger charge is -2.12. The fraction of sp³-hybridized carbons (Fsp3) is 0.0833. The minimum atomic E-state index is -0.454. The van der Waals surface area contributed by atoms with Gasteiger partial charge in [0.2, 0.25) is 0 Å². The molecule has 0 saturated carbocycles. The zero-order valence-electron chi connectivity index (χ0n) is 15.9. The molecule has 3 aromatic rings. The highest BCUT2D eigenvalue weighted by Gasteiger charge is 2.20. The van der Waals surface area contributed by atoms with Crippen LogP contribution in [0.1, 0.15) is 21.5 Å². The molecule has 0 aliphatic heterocycles. The van der Waals surface area contributed by atoms with Crippen molar-refractivity contribution >= 4 is 23.1 Å². The van der Waals surface area contributed by atoms with Crippen LogP contribution in [0.4, 0.5) is 11.4 Å². The van der Waals surface area contributed by atoms with E-state index in [1.807, 2.05) is 68.4 Å². The molecule has 140 valence electrons. The van der Waals surface area contributed by atoms with Crippen LogP contribution in [0.25, 0.3) is 0 Å². The number of aryl methyl sites for hydroxylation is 2. The lowest BCUT2D eigenvalue weighted by molar-refractivity contribution is -0.112. The molecule has 4 nitrogen and oxygen atoms in total. The smallest absolute Gasteiger partial charge is 0.261 e. The normalized spacial score (nSPS) is 11.0. The van der Waals surface area contributed by atoms with Gasteiger partial charge in [-0.1, -0.05) is 66.7 Å². The second-order valence-corrected chi connectivity index (χ2v) is 6.48. The molecule has 0 fully saturated rings. The minimum absolute atomic E-state index is 0.0395. The average molecular weight is 370 g/mol. The van der Waals surface area contributed by atoms with Gasteiger partial charge in [-0.05, 0) is 37.1 Å². The molecule has 0 atom stereocenters. The van der Waals surface area contributed by atoms with Crippen molar-refractivity contribution in [3.63, 3.8) is 0 Å². The Morgan fingerprint density at radius 1 is 0.714 bits per heavy atom. The number of benzene rings is 3. The van der Waals surface area contributed by atoms with Crippen LogP contribution in [-0.2, 0) is 4.79 Å². The fourth-order valence-electron chi connectivity index (χ4n) is 2.77. The van der Waals surface area contributed by atoms with E-state index in [1.165, 1.54) is 6.20 Å². The molecular weight excluding hydrogens is 348 g/mol. The molecule has 0 unspecified atom stereocenters. The highest BCUT2D eigenvalue weighted by molar-refractivity contribution is 6.28. The van der Waals surface area contributed by atoms with E-state index in [-0.39, 0.29) is 11.4 Å².